The molecule has 3 rings (SSSR count). The molecule has 1 aromatic heterocycles. The van der Waals surface area contributed by atoms with Crippen molar-refractivity contribution in [2.45, 2.75) is 19.9 Å². The van der Waals surface area contributed by atoms with Crippen LogP contribution in [0.4, 0.5) is 0 Å². The number of fused-ring (bicyclic) bond motifs is 1. The Hall–Kier alpha value is -1.28. The van der Waals surface area contributed by atoms with Gasteiger partial charge in [-0.05, 0) is 25.5 Å². The zero-order valence-electron chi connectivity index (χ0n) is 14.3. The van der Waals surface area contributed by atoms with E-state index < -0.39 is 0 Å². The summed E-state index contributed by atoms with van der Waals surface area (Å²) >= 11 is 0. The van der Waals surface area contributed by atoms with Crippen molar-refractivity contribution < 1.29 is 9.15 Å². The normalized spacial score (nSPS) is 17.8. The lowest BCUT2D eigenvalue weighted by Gasteiger charge is -2.24. The van der Waals surface area contributed by atoms with Gasteiger partial charge in [0.15, 0.2) is 5.96 Å². The lowest BCUT2D eigenvalue weighted by atomic mass is 10.1. The Kier molecular flexibility index (Phi) is 7.36. The predicted molar refractivity (Wildman–Crippen MR) is 108 cm³/mol. The van der Waals surface area contributed by atoms with Gasteiger partial charge in [0, 0.05) is 38.0 Å². The summed E-state index contributed by atoms with van der Waals surface area (Å²) in [6.07, 6.45) is 1.13. The minimum atomic E-state index is 0. The number of hydrogen-bond acceptors (Lipinski definition) is 3. The van der Waals surface area contributed by atoms with Gasteiger partial charge in [0.25, 0.3) is 0 Å². The molecular formula is C18H26IN3O2. The summed E-state index contributed by atoms with van der Waals surface area (Å²) in [6, 6.07) is 10.1. The van der Waals surface area contributed by atoms with E-state index in [1.54, 1.807) is 0 Å². The minimum absolute atomic E-state index is 0. The smallest absolute Gasteiger partial charge is 0.194 e. The van der Waals surface area contributed by atoms with E-state index in [1.165, 1.54) is 0 Å². The van der Waals surface area contributed by atoms with Gasteiger partial charge < -0.3 is 19.4 Å². The molecule has 0 bridgehead atoms. The van der Waals surface area contributed by atoms with E-state index in [9.17, 15) is 0 Å². The van der Waals surface area contributed by atoms with E-state index in [4.69, 9.17) is 14.1 Å². The van der Waals surface area contributed by atoms with E-state index in [1.807, 2.05) is 18.2 Å². The second-order valence-corrected chi connectivity index (χ2v) is 6.03. The highest BCUT2D eigenvalue weighted by Crippen LogP contribution is 2.19. The van der Waals surface area contributed by atoms with Gasteiger partial charge in [-0.3, -0.25) is 0 Å². The number of ether oxygens (including phenoxy) is 1. The molecule has 132 valence electrons. The zero-order valence-corrected chi connectivity index (χ0v) is 16.7. The van der Waals surface area contributed by atoms with Gasteiger partial charge in [0.05, 0.1) is 6.61 Å². The van der Waals surface area contributed by atoms with E-state index in [-0.39, 0.29) is 24.0 Å². The number of guanidine groups is 1. The molecule has 1 unspecified atom stereocenters. The largest absolute Gasteiger partial charge is 0.459 e. The predicted octanol–water partition coefficient (Wildman–Crippen LogP) is 3.48. The molecular weight excluding hydrogens is 417 g/mol. The van der Waals surface area contributed by atoms with Crippen LogP contribution in [0.3, 0.4) is 0 Å². The van der Waals surface area contributed by atoms with Crippen molar-refractivity contribution in [3.8, 4) is 0 Å². The first-order chi connectivity index (χ1) is 11.3. The maximum Gasteiger partial charge on any atom is 0.194 e. The molecule has 1 N–H and O–H groups in total. The van der Waals surface area contributed by atoms with Crippen molar-refractivity contribution in [1.82, 2.24) is 10.2 Å². The monoisotopic (exact) mass is 443 g/mol. The van der Waals surface area contributed by atoms with Crippen LogP contribution in [0.5, 0.6) is 0 Å². The fourth-order valence-corrected chi connectivity index (χ4v) is 2.94. The fourth-order valence-electron chi connectivity index (χ4n) is 2.94. The molecule has 0 amide bonds. The van der Waals surface area contributed by atoms with Crippen LogP contribution in [0.25, 0.3) is 11.0 Å². The van der Waals surface area contributed by atoms with E-state index >= 15 is 0 Å². The first kappa shape index (κ1) is 19.1. The third kappa shape index (κ3) is 4.86. The quantitative estimate of drug-likeness (QED) is 0.437. The molecule has 24 heavy (non-hydrogen) atoms. The Morgan fingerprint density at radius 2 is 2.21 bits per heavy atom. The average Bonchev–Trinajstić information content (AvgIpc) is 3.19. The van der Waals surface area contributed by atoms with Crippen molar-refractivity contribution in [1.29, 1.82) is 0 Å². The SMILES string of the molecule is CCNC(=NCc1cc2ccccc2o1)N(C)CC1CCOC1.I. The number of nitrogens with one attached hydrogen (secondary N) is 1. The molecule has 1 aromatic carbocycles. The molecule has 1 saturated heterocycles. The van der Waals surface area contributed by atoms with Crippen LogP contribution >= 0.6 is 24.0 Å². The number of benzene rings is 1. The van der Waals surface area contributed by atoms with E-state index in [2.05, 4.69) is 36.3 Å². The fraction of sp³-hybridized carbons (Fsp3) is 0.500. The van der Waals surface area contributed by atoms with Gasteiger partial charge in [0.2, 0.25) is 0 Å². The number of para-hydroxylation sites is 1. The summed E-state index contributed by atoms with van der Waals surface area (Å²) in [5, 5.41) is 4.48. The maximum absolute atomic E-state index is 5.84. The summed E-state index contributed by atoms with van der Waals surface area (Å²) in [7, 11) is 2.08. The number of aliphatic imine (C=N–C) groups is 1. The summed E-state index contributed by atoms with van der Waals surface area (Å²) in [4.78, 5) is 6.90. The zero-order chi connectivity index (χ0) is 16.1. The highest BCUT2D eigenvalue weighted by molar-refractivity contribution is 14.0. The van der Waals surface area contributed by atoms with Crippen LogP contribution in [-0.4, -0.2) is 44.2 Å². The maximum atomic E-state index is 5.84. The Labute approximate surface area is 160 Å². The third-order valence-electron chi connectivity index (χ3n) is 4.11. The molecule has 1 atom stereocenters. The Bertz CT molecular complexity index is 632. The van der Waals surface area contributed by atoms with Gasteiger partial charge in [0.1, 0.15) is 17.9 Å². The molecule has 0 aliphatic carbocycles. The minimum Gasteiger partial charge on any atom is -0.459 e. The highest BCUT2D eigenvalue weighted by atomic mass is 127. The van der Waals surface area contributed by atoms with Crippen molar-refractivity contribution >= 4 is 40.9 Å². The average molecular weight is 443 g/mol. The lowest BCUT2D eigenvalue weighted by Crippen LogP contribution is -2.41. The van der Waals surface area contributed by atoms with Gasteiger partial charge in [-0.1, -0.05) is 18.2 Å². The molecule has 2 aromatic rings. The van der Waals surface area contributed by atoms with Gasteiger partial charge in [-0.2, -0.15) is 0 Å². The van der Waals surface area contributed by atoms with E-state index in [0.29, 0.717) is 12.5 Å². The third-order valence-corrected chi connectivity index (χ3v) is 4.11. The second kappa shape index (κ2) is 9.27. The van der Waals surface area contributed by atoms with Crippen LogP contribution < -0.4 is 5.32 Å². The summed E-state index contributed by atoms with van der Waals surface area (Å²) in [5.74, 6) is 2.40. The second-order valence-electron chi connectivity index (χ2n) is 6.03. The number of rotatable bonds is 5. The lowest BCUT2D eigenvalue weighted by molar-refractivity contribution is 0.181. The summed E-state index contributed by atoms with van der Waals surface area (Å²) in [6.45, 7) is 6.18. The molecule has 1 aliphatic heterocycles. The van der Waals surface area contributed by atoms with Gasteiger partial charge in [-0.25, -0.2) is 4.99 Å². The van der Waals surface area contributed by atoms with Crippen LogP contribution in [0, 0.1) is 5.92 Å². The topological polar surface area (TPSA) is 50.0 Å². The van der Waals surface area contributed by atoms with Crippen molar-refractivity contribution in [3.63, 3.8) is 0 Å². The number of furan rings is 1. The van der Waals surface area contributed by atoms with Crippen molar-refractivity contribution in [2.75, 3.05) is 33.4 Å². The standard InChI is InChI=1S/C18H25N3O2.HI/c1-3-19-18(21(2)12-14-8-9-22-13-14)20-11-16-10-15-6-4-5-7-17(15)23-16;/h4-7,10,14H,3,8-9,11-13H2,1-2H3,(H,19,20);1H. The van der Waals surface area contributed by atoms with Crippen LogP contribution in [0.1, 0.15) is 19.1 Å². The molecule has 1 fully saturated rings. The summed E-state index contributed by atoms with van der Waals surface area (Å²) in [5.41, 5.74) is 0.916. The Morgan fingerprint density at radius 1 is 1.38 bits per heavy atom. The molecule has 0 radical (unpaired) electrons. The van der Waals surface area contributed by atoms with Gasteiger partial charge in [-0.15, -0.1) is 24.0 Å². The van der Waals surface area contributed by atoms with Crippen LogP contribution in [0.2, 0.25) is 0 Å². The number of hydrogen-bond donors (Lipinski definition) is 1. The number of halogens is 1. The highest BCUT2D eigenvalue weighted by Gasteiger charge is 2.19. The Balaban J connectivity index is 0.00000208. The van der Waals surface area contributed by atoms with Gasteiger partial charge >= 0.3 is 0 Å². The molecule has 2 heterocycles. The van der Waals surface area contributed by atoms with Crippen molar-refractivity contribution in [2.24, 2.45) is 10.9 Å². The van der Waals surface area contributed by atoms with E-state index in [0.717, 1.165) is 55.4 Å². The van der Waals surface area contributed by atoms with Crippen LogP contribution in [0.15, 0.2) is 39.7 Å². The summed E-state index contributed by atoms with van der Waals surface area (Å²) < 4.78 is 11.3. The first-order valence-electron chi connectivity index (χ1n) is 8.31. The Morgan fingerprint density at radius 3 is 2.92 bits per heavy atom. The number of nitrogens with zero attached hydrogens (tertiary/aromatic N) is 2. The molecule has 1 aliphatic rings. The molecule has 5 nitrogen and oxygen atoms in total. The van der Waals surface area contributed by atoms with Crippen LogP contribution in [-0.2, 0) is 11.3 Å². The van der Waals surface area contributed by atoms with Crippen molar-refractivity contribution in [3.05, 3.63) is 36.1 Å². The molecule has 0 spiro atoms. The first-order valence-corrected chi connectivity index (χ1v) is 8.31. The molecule has 0 saturated carbocycles. The molecule has 6 heteroatoms.